The van der Waals surface area contributed by atoms with Crippen LogP contribution in [-0.4, -0.2) is 20.2 Å². The van der Waals surface area contributed by atoms with E-state index in [9.17, 15) is 4.79 Å². The minimum Gasteiger partial charge on any atom is -0.353 e. The number of nitrogens with zero attached hydrogens (tertiary/aromatic N) is 3. The van der Waals surface area contributed by atoms with Gasteiger partial charge in [0.15, 0.2) is 0 Å². The molecule has 0 aromatic carbocycles. The molecule has 0 saturated heterocycles. The Hall–Kier alpha value is -1.76. The fraction of sp³-hybridized carbons (Fsp3) is 0.500. The van der Waals surface area contributed by atoms with Gasteiger partial charge in [-0.2, -0.15) is 0 Å². The van der Waals surface area contributed by atoms with Crippen molar-refractivity contribution in [2.75, 3.05) is 5.32 Å². The molecular formula is C12H17N5OS. The predicted molar refractivity (Wildman–Crippen MR) is 75.7 cm³/mol. The van der Waals surface area contributed by atoms with Crippen molar-refractivity contribution >= 4 is 16.5 Å². The van der Waals surface area contributed by atoms with E-state index in [1.54, 1.807) is 6.92 Å². The Morgan fingerprint density at radius 3 is 2.68 bits per heavy atom. The SMILES string of the molecule is CCc1nnc(NC(C)c2c(C)nc(C)[nH]c2=O)s1. The second-order valence-corrected chi connectivity index (χ2v) is 5.43. The Bertz CT molecular complexity index is 633. The average molecular weight is 279 g/mol. The molecular weight excluding hydrogens is 262 g/mol. The highest BCUT2D eigenvalue weighted by atomic mass is 32.1. The van der Waals surface area contributed by atoms with E-state index >= 15 is 0 Å². The average Bonchev–Trinajstić information content (AvgIpc) is 2.75. The van der Waals surface area contributed by atoms with Gasteiger partial charge in [0.05, 0.1) is 17.3 Å². The van der Waals surface area contributed by atoms with Gasteiger partial charge in [-0.1, -0.05) is 18.3 Å². The van der Waals surface area contributed by atoms with Crippen LogP contribution >= 0.6 is 11.3 Å². The van der Waals surface area contributed by atoms with E-state index in [0.29, 0.717) is 11.4 Å². The predicted octanol–water partition coefficient (Wildman–Crippen LogP) is 1.97. The van der Waals surface area contributed by atoms with E-state index in [1.807, 2.05) is 20.8 Å². The van der Waals surface area contributed by atoms with Crippen molar-refractivity contribution in [3.8, 4) is 0 Å². The van der Waals surface area contributed by atoms with Crippen molar-refractivity contribution < 1.29 is 0 Å². The largest absolute Gasteiger partial charge is 0.353 e. The van der Waals surface area contributed by atoms with Gasteiger partial charge in [-0.15, -0.1) is 10.2 Å². The van der Waals surface area contributed by atoms with E-state index in [4.69, 9.17) is 0 Å². The Morgan fingerprint density at radius 1 is 1.37 bits per heavy atom. The second-order valence-electron chi connectivity index (χ2n) is 4.37. The van der Waals surface area contributed by atoms with E-state index in [1.165, 1.54) is 11.3 Å². The topological polar surface area (TPSA) is 83.6 Å². The lowest BCUT2D eigenvalue weighted by Gasteiger charge is -2.14. The van der Waals surface area contributed by atoms with Crippen molar-refractivity contribution in [3.05, 3.63) is 32.4 Å². The zero-order valence-electron chi connectivity index (χ0n) is 11.4. The Balaban J connectivity index is 2.25. The van der Waals surface area contributed by atoms with Crippen LogP contribution in [-0.2, 0) is 6.42 Å². The standard InChI is InChI=1S/C12H17N5OS/c1-5-9-16-17-12(19-9)14-7(3)10-6(2)13-8(4)15-11(10)18/h7H,5H2,1-4H3,(H,14,17)(H,13,15,18). The van der Waals surface area contributed by atoms with Crippen molar-refractivity contribution in [1.82, 2.24) is 20.2 Å². The molecule has 2 rings (SSSR count). The van der Waals surface area contributed by atoms with Gasteiger partial charge < -0.3 is 10.3 Å². The van der Waals surface area contributed by atoms with Gasteiger partial charge in [0.2, 0.25) is 5.13 Å². The third-order valence-electron chi connectivity index (χ3n) is 2.81. The fourth-order valence-electron chi connectivity index (χ4n) is 1.96. The minimum atomic E-state index is -0.158. The molecule has 0 saturated carbocycles. The number of hydrogen-bond donors (Lipinski definition) is 2. The molecule has 2 aromatic heterocycles. The number of aryl methyl sites for hydroxylation is 3. The van der Waals surface area contributed by atoms with Crippen molar-refractivity contribution in [2.45, 2.75) is 40.2 Å². The third kappa shape index (κ3) is 2.98. The molecule has 0 aliphatic rings. The van der Waals surface area contributed by atoms with Gasteiger partial charge >= 0.3 is 0 Å². The van der Waals surface area contributed by atoms with Gasteiger partial charge in [0, 0.05) is 0 Å². The lowest BCUT2D eigenvalue weighted by molar-refractivity contribution is 0.808. The van der Waals surface area contributed by atoms with E-state index in [0.717, 1.165) is 22.3 Å². The van der Waals surface area contributed by atoms with E-state index < -0.39 is 0 Å². The van der Waals surface area contributed by atoms with Crippen LogP contribution in [0.15, 0.2) is 4.79 Å². The quantitative estimate of drug-likeness (QED) is 0.894. The first kappa shape index (κ1) is 13.7. The zero-order valence-corrected chi connectivity index (χ0v) is 12.3. The van der Waals surface area contributed by atoms with E-state index in [-0.39, 0.29) is 11.6 Å². The van der Waals surface area contributed by atoms with Crippen LogP contribution in [0.1, 0.15) is 42.0 Å². The summed E-state index contributed by atoms with van der Waals surface area (Å²) < 4.78 is 0. The fourth-order valence-corrected chi connectivity index (χ4v) is 2.72. The highest BCUT2D eigenvalue weighted by Crippen LogP contribution is 2.21. The van der Waals surface area contributed by atoms with Crippen LogP contribution in [0.2, 0.25) is 0 Å². The number of hydrogen-bond acceptors (Lipinski definition) is 6. The molecule has 2 heterocycles. The summed E-state index contributed by atoms with van der Waals surface area (Å²) in [6.45, 7) is 7.57. The van der Waals surface area contributed by atoms with Gasteiger partial charge in [-0.25, -0.2) is 4.98 Å². The van der Waals surface area contributed by atoms with Crippen LogP contribution in [0.3, 0.4) is 0 Å². The van der Waals surface area contributed by atoms with Crippen LogP contribution in [0.4, 0.5) is 5.13 Å². The number of rotatable bonds is 4. The van der Waals surface area contributed by atoms with Gasteiger partial charge in [0.1, 0.15) is 10.8 Å². The molecule has 6 nitrogen and oxygen atoms in total. The number of aromatic amines is 1. The van der Waals surface area contributed by atoms with Crippen LogP contribution in [0.25, 0.3) is 0 Å². The molecule has 7 heteroatoms. The lowest BCUT2D eigenvalue weighted by atomic mass is 10.1. The number of nitrogens with one attached hydrogen (secondary N) is 2. The van der Waals surface area contributed by atoms with Gasteiger partial charge in [-0.05, 0) is 27.2 Å². The lowest BCUT2D eigenvalue weighted by Crippen LogP contribution is -2.23. The minimum absolute atomic E-state index is 0.106. The molecule has 0 spiro atoms. The van der Waals surface area contributed by atoms with Crippen molar-refractivity contribution in [1.29, 1.82) is 0 Å². The summed E-state index contributed by atoms with van der Waals surface area (Å²) in [6.07, 6.45) is 0.861. The maximum absolute atomic E-state index is 12.0. The zero-order chi connectivity index (χ0) is 14.0. The second kappa shape index (κ2) is 5.48. The molecule has 102 valence electrons. The van der Waals surface area contributed by atoms with Crippen molar-refractivity contribution in [3.63, 3.8) is 0 Å². The first-order chi connectivity index (χ1) is 9.01. The molecule has 1 atom stereocenters. The normalized spacial score (nSPS) is 12.4. The first-order valence-electron chi connectivity index (χ1n) is 6.17. The summed E-state index contributed by atoms with van der Waals surface area (Å²) in [5.41, 5.74) is 1.27. The summed E-state index contributed by atoms with van der Waals surface area (Å²) in [4.78, 5) is 19.0. The van der Waals surface area contributed by atoms with Gasteiger partial charge in [0.25, 0.3) is 5.56 Å². The number of anilines is 1. The molecule has 0 fully saturated rings. The molecule has 19 heavy (non-hydrogen) atoms. The van der Waals surface area contributed by atoms with Crippen molar-refractivity contribution in [2.24, 2.45) is 0 Å². The molecule has 1 unspecified atom stereocenters. The smallest absolute Gasteiger partial charge is 0.256 e. The van der Waals surface area contributed by atoms with Gasteiger partial charge in [-0.3, -0.25) is 4.79 Å². The van der Waals surface area contributed by atoms with E-state index in [2.05, 4.69) is 25.5 Å². The molecule has 0 radical (unpaired) electrons. The Kier molecular flexibility index (Phi) is 3.94. The molecule has 2 N–H and O–H groups in total. The maximum atomic E-state index is 12.0. The monoisotopic (exact) mass is 279 g/mol. The molecule has 0 amide bonds. The molecule has 0 aliphatic carbocycles. The first-order valence-corrected chi connectivity index (χ1v) is 6.99. The Labute approximate surface area is 115 Å². The molecule has 0 aliphatic heterocycles. The Morgan fingerprint density at radius 2 is 2.11 bits per heavy atom. The summed E-state index contributed by atoms with van der Waals surface area (Å²) >= 11 is 1.50. The van der Waals surface area contributed by atoms with Crippen LogP contribution in [0.5, 0.6) is 0 Å². The molecule has 0 bridgehead atoms. The third-order valence-corrected chi connectivity index (χ3v) is 3.81. The van der Waals surface area contributed by atoms with Crippen LogP contribution < -0.4 is 10.9 Å². The highest BCUT2D eigenvalue weighted by Gasteiger charge is 2.16. The summed E-state index contributed by atoms with van der Waals surface area (Å²) in [7, 11) is 0. The summed E-state index contributed by atoms with van der Waals surface area (Å²) in [5, 5.41) is 13.0. The highest BCUT2D eigenvalue weighted by molar-refractivity contribution is 7.15. The maximum Gasteiger partial charge on any atom is 0.256 e. The summed E-state index contributed by atoms with van der Waals surface area (Å²) in [6, 6.07) is -0.158. The number of H-pyrrole nitrogens is 1. The number of aromatic nitrogens is 4. The van der Waals surface area contributed by atoms with Crippen LogP contribution in [0, 0.1) is 13.8 Å². The molecule has 2 aromatic rings. The summed E-state index contributed by atoms with van der Waals surface area (Å²) in [5.74, 6) is 0.627.